The third kappa shape index (κ3) is 3.53. The second kappa shape index (κ2) is 7.51. The number of hydrogen-bond acceptors (Lipinski definition) is 7. The zero-order valence-corrected chi connectivity index (χ0v) is 18.3. The van der Waals surface area contributed by atoms with Gasteiger partial charge in [0, 0.05) is 19.5 Å². The molecule has 2 aliphatic rings. The first-order valence-electron chi connectivity index (χ1n) is 10.8. The molecule has 7 rings (SSSR count). The molecule has 1 aromatic carbocycles. The molecular formula is C23H22N8O2. The van der Waals surface area contributed by atoms with Gasteiger partial charge in [-0.3, -0.25) is 14.0 Å². The maximum atomic E-state index is 12.1. The minimum absolute atomic E-state index is 0.187. The smallest absolute Gasteiger partial charge is 0.280 e. The summed E-state index contributed by atoms with van der Waals surface area (Å²) < 4.78 is 9.81. The van der Waals surface area contributed by atoms with Crippen LogP contribution in [0.3, 0.4) is 0 Å². The molecule has 0 unspecified atom stereocenters. The molecule has 166 valence electrons. The molecule has 2 aliphatic carbocycles. The summed E-state index contributed by atoms with van der Waals surface area (Å²) in [6, 6.07) is 6.70. The second-order valence-electron chi connectivity index (χ2n) is 8.64. The predicted molar refractivity (Wildman–Crippen MR) is 121 cm³/mol. The van der Waals surface area contributed by atoms with Crippen molar-refractivity contribution in [2.45, 2.75) is 19.4 Å². The number of fused-ring (bicyclic) bond motifs is 3. The van der Waals surface area contributed by atoms with Crippen molar-refractivity contribution in [2.24, 2.45) is 25.9 Å². The summed E-state index contributed by atoms with van der Waals surface area (Å²) in [5, 5.41) is 9.01. The van der Waals surface area contributed by atoms with Gasteiger partial charge < -0.3 is 9.09 Å². The van der Waals surface area contributed by atoms with Crippen LogP contribution in [-0.2, 0) is 20.6 Å². The number of hydrogen-bond donors (Lipinski definition) is 0. The zero-order chi connectivity index (χ0) is 22.5. The van der Waals surface area contributed by atoms with Crippen molar-refractivity contribution in [3.63, 3.8) is 0 Å². The molecule has 4 heterocycles. The van der Waals surface area contributed by atoms with Crippen molar-refractivity contribution in [3.8, 4) is 0 Å². The molecule has 33 heavy (non-hydrogen) atoms. The van der Waals surface area contributed by atoms with E-state index < -0.39 is 0 Å². The fraction of sp³-hybridized carbons (Fsp3) is 0.304. The highest BCUT2D eigenvalue weighted by atomic mass is 16.5. The van der Waals surface area contributed by atoms with Crippen molar-refractivity contribution in [1.82, 2.24) is 39.0 Å². The largest absolute Gasteiger partial charge is 0.338 e. The first-order valence-corrected chi connectivity index (χ1v) is 10.8. The van der Waals surface area contributed by atoms with Gasteiger partial charge in [0.2, 0.25) is 5.89 Å². The van der Waals surface area contributed by atoms with E-state index >= 15 is 0 Å². The average Bonchev–Trinajstić information content (AvgIpc) is 3.32. The normalized spacial score (nSPS) is 18.8. The first kappa shape index (κ1) is 19.6. The molecule has 0 amide bonds. The summed E-state index contributed by atoms with van der Waals surface area (Å²) >= 11 is 0. The van der Waals surface area contributed by atoms with E-state index in [2.05, 4.69) is 49.5 Å². The van der Waals surface area contributed by atoms with Crippen LogP contribution in [0.15, 0.2) is 58.8 Å². The van der Waals surface area contributed by atoms with Crippen LogP contribution >= 0.6 is 0 Å². The lowest BCUT2D eigenvalue weighted by Crippen LogP contribution is -2.22. The average molecular weight is 442 g/mol. The van der Waals surface area contributed by atoms with Gasteiger partial charge in [0.25, 0.3) is 5.56 Å². The number of benzene rings is 1. The lowest BCUT2D eigenvalue weighted by Gasteiger charge is -2.04. The van der Waals surface area contributed by atoms with E-state index in [0.717, 1.165) is 11.8 Å². The third-order valence-corrected chi connectivity index (χ3v) is 6.40. The van der Waals surface area contributed by atoms with Crippen LogP contribution in [0.25, 0.3) is 27.6 Å². The molecule has 0 N–H and O–H groups in total. The molecule has 0 spiro atoms. The Labute approximate surface area is 188 Å². The van der Waals surface area contributed by atoms with E-state index in [1.807, 2.05) is 17.9 Å². The second-order valence-corrected chi connectivity index (χ2v) is 8.64. The summed E-state index contributed by atoms with van der Waals surface area (Å²) in [5.74, 6) is 2.23. The minimum atomic E-state index is -0.187. The maximum Gasteiger partial charge on any atom is 0.280 e. The monoisotopic (exact) mass is 442 g/mol. The van der Waals surface area contributed by atoms with E-state index in [4.69, 9.17) is 4.52 Å². The number of imidazole rings is 1. The van der Waals surface area contributed by atoms with Gasteiger partial charge in [-0.15, -0.1) is 0 Å². The van der Waals surface area contributed by atoms with Gasteiger partial charge in [0.1, 0.15) is 12.9 Å². The summed E-state index contributed by atoms with van der Waals surface area (Å²) in [6.45, 7) is 0.201. The molecule has 10 heteroatoms. The number of nitrogens with zero attached hydrogens (tertiary/aromatic N) is 8. The topological polar surface area (TPSA) is 109 Å². The Morgan fingerprint density at radius 2 is 2.03 bits per heavy atom. The molecule has 0 saturated heterocycles. The Bertz CT molecular complexity index is 1560. The highest BCUT2D eigenvalue weighted by molar-refractivity contribution is 5.84. The first-order chi connectivity index (χ1) is 16.1. The van der Waals surface area contributed by atoms with Gasteiger partial charge in [-0.25, -0.2) is 9.97 Å². The fourth-order valence-corrected chi connectivity index (χ4v) is 4.49. The SMILES string of the molecule is Cn1cnc2ncn(Cc3ncno3)c(=O)c21.Cn1ncc2cc(C3=C[C@@H]4C[C@@H]4C3)ccc21. The van der Waals surface area contributed by atoms with Crippen LogP contribution in [-0.4, -0.2) is 39.0 Å². The van der Waals surface area contributed by atoms with E-state index in [-0.39, 0.29) is 12.1 Å². The van der Waals surface area contributed by atoms with E-state index in [9.17, 15) is 4.79 Å². The van der Waals surface area contributed by atoms with Gasteiger partial charge >= 0.3 is 0 Å². The molecule has 10 nitrogen and oxygen atoms in total. The molecule has 0 bridgehead atoms. The number of rotatable bonds is 3. The van der Waals surface area contributed by atoms with Gasteiger partial charge in [-0.05, 0) is 47.9 Å². The Morgan fingerprint density at radius 1 is 1.15 bits per heavy atom. The fourth-order valence-electron chi connectivity index (χ4n) is 4.49. The van der Waals surface area contributed by atoms with E-state index in [0.29, 0.717) is 17.1 Å². The van der Waals surface area contributed by atoms with Gasteiger partial charge in [0.05, 0.1) is 18.0 Å². The lowest BCUT2D eigenvalue weighted by atomic mass is 10.0. The molecular weight excluding hydrogens is 420 g/mol. The Morgan fingerprint density at radius 3 is 2.82 bits per heavy atom. The summed E-state index contributed by atoms with van der Waals surface area (Å²) in [6.07, 6.45) is 11.4. The molecule has 2 atom stereocenters. The maximum absolute atomic E-state index is 12.1. The highest BCUT2D eigenvalue weighted by Crippen LogP contribution is 2.52. The zero-order valence-electron chi connectivity index (χ0n) is 18.3. The molecule has 1 fully saturated rings. The number of allylic oxidation sites excluding steroid dienone is 2. The molecule has 5 aromatic rings. The van der Waals surface area contributed by atoms with Gasteiger partial charge in [-0.1, -0.05) is 17.3 Å². The molecule has 0 aliphatic heterocycles. The van der Waals surface area contributed by atoms with Crippen molar-refractivity contribution >= 4 is 27.6 Å². The molecule has 4 aromatic heterocycles. The van der Waals surface area contributed by atoms with E-state index in [1.54, 1.807) is 23.5 Å². The van der Waals surface area contributed by atoms with Crippen LogP contribution in [0.4, 0.5) is 0 Å². The van der Waals surface area contributed by atoms with Crippen molar-refractivity contribution < 1.29 is 4.52 Å². The summed E-state index contributed by atoms with van der Waals surface area (Å²) in [4.78, 5) is 24.1. The Balaban J connectivity index is 0.000000125. The standard InChI is InChI=1S/C14H14N2.C9H8N6O2/c1-16-14-3-2-9(4-13(14)8-15-16)10-5-11-7-12(11)6-10;1-14-4-11-8-7(14)9(16)15(5-12-8)2-6-10-3-13-17-6/h2-5,8,11-12H,6-7H2,1H3;3-5H,2H2,1H3/t11-,12+;/m1./s1. The van der Waals surface area contributed by atoms with Crippen LogP contribution < -0.4 is 5.56 Å². The lowest BCUT2D eigenvalue weighted by molar-refractivity contribution is 0.368. The van der Waals surface area contributed by atoms with Gasteiger partial charge in [0.15, 0.2) is 17.5 Å². The third-order valence-electron chi connectivity index (χ3n) is 6.40. The van der Waals surface area contributed by atoms with Gasteiger partial charge in [-0.2, -0.15) is 10.1 Å². The summed E-state index contributed by atoms with van der Waals surface area (Å²) in [5.41, 5.74) is 4.85. The van der Waals surface area contributed by atoms with Crippen molar-refractivity contribution in [2.75, 3.05) is 0 Å². The number of aryl methyl sites for hydroxylation is 2. The van der Waals surface area contributed by atoms with Crippen LogP contribution in [0.5, 0.6) is 0 Å². The predicted octanol–water partition coefficient (Wildman–Crippen LogP) is 2.56. The van der Waals surface area contributed by atoms with E-state index in [1.165, 1.54) is 46.5 Å². The van der Waals surface area contributed by atoms with Crippen molar-refractivity contribution in [3.05, 3.63) is 71.3 Å². The highest BCUT2D eigenvalue weighted by Gasteiger charge is 2.40. The van der Waals surface area contributed by atoms with Crippen LogP contribution in [0.2, 0.25) is 0 Å². The minimum Gasteiger partial charge on any atom is -0.338 e. The number of aromatic nitrogens is 8. The van der Waals surface area contributed by atoms with Crippen LogP contribution in [0.1, 0.15) is 24.3 Å². The van der Waals surface area contributed by atoms with Crippen molar-refractivity contribution in [1.29, 1.82) is 0 Å². The Kier molecular flexibility index (Phi) is 4.46. The molecule has 1 saturated carbocycles. The molecule has 0 radical (unpaired) electrons. The summed E-state index contributed by atoms with van der Waals surface area (Å²) in [7, 11) is 3.74. The quantitative estimate of drug-likeness (QED) is 0.422. The van der Waals surface area contributed by atoms with Crippen LogP contribution in [0, 0.1) is 11.8 Å². The Hall–Kier alpha value is -4.08.